The van der Waals surface area contributed by atoms with Gasteiger partial charge in [0.05, 0.1) is 0 Å². The van der Waals surface area contributed by atoms with Crippen LogP contribution in [0.5, 0.6) is 0 Å². The number of nitrogens with zero attached hydrogens (tertiary/aromatic N) is 2. The molecule has 5 nitrogen and oxygen atoms in total. The maximum atomic E-state index is 12.2. The molecule has 20 heavy (non-hydrogen) atoms. The number of hydrogen-bond acceptors (Lipinski definition) is 2. The third-order valence-electron chi connectivity index (χ3n) is 3.14. The Balaban J connectivity index is 1.93. The van der Waals surface area contributed by atoms with Gasteiger partial charge in [-0.1, -0.05) is 30.4 Å². The van der Waals surface area contributed by atoms with Crippen molar-refractivity contribution < 1.29 is 4.79 Å². The van der Waals surface area contributed by atoms with E-state index in [0.717, 1.165) is 17.7 Å². The Labute approximate surface area is 119 Å². The van der Waals surface area contributed by atoms with Crippen molar-refractivity contribution in [1.82, 2.24) is 5.32 Å². The van der Waals surface area contributed by atoms with E-state index < -0.39 is 0 Å². The Bertz CT molecular complexity index is 551. The molecule has 3 N–H and O–H groups in total. The highest BCUT2D eigenvalue weighted by atomic mass is 16.2. The smallest absolute Gasteiger partial charge is 0.248 e. The second-order valence-electron chi connectivity index (χ2n) is 4.94. The first kappa shape index (κ1) is 14.1. The number of para-hydroxylation sites is 1. The number of nitrogens with two attached hydrogens (primary N) is 1. The molecule has 0 radical (unpaired) electrons. The van der Waals surface area contributed by atoms with Gasteiger partial charge in [-0.2, -0.15) is 0 Å². The highest BCUT2D eigenvalue weighted by Gasteiger charge is 2.23. The average Bonchev–Trinajstić information content (AvgIpc) is 2.86. The van der Waals surface area contributed by atoms with Crippen LogP contribution in [0, 0.1) is 0 Å². The molecule has 5 heteroatoms. The van der Waals surface area contributed by atoms with Crippen LogP contribution in [-0.2, 0) is 11.2 Å². The molecule has 1 aromatic rings. The third kappa shape index (κ3) is 3.38. The lowest BCUT2D eigenvalue weighted by Gasteiger charge is -2.16. The van der Waals surface area contributed by atoms with Crippen LogP contribution in [0.2, 0.25) is 0 Å². The second kappa shape index (κ2) is 6.23. The van der Waals surface area contributed by atoms with Crippen molar-refractivity contribution in [2.75, 3.05) is 24.5 Å². The minimum Gasteiger partial charge on any atom is -0.370 e. The summed E-state index contributed by atoms with van der Waals surface area (Å²) in [5, 5.41) is 2.90. The molecule has 1 aliphatic heterocycles. The zero-order valence-electron chi connectivity index (χ0n) is 11.7. The summed E-state index contributed by atoms with van der Waals surface area (Å²) < 4.78 is 0. The van der Waals surface area contributed by atoms with Crippen molar-refractivity contribution in [3.8, 4) is 0 Å². The molecule has 106 valence electrons. The normalized spacial score (nSPS) is 14.1. The number of aliphatic imine (C=N–C) groups is 1. The van der Waals surface area contributed by atoms with Gasteiger partial charge >= 0.3 is 0 Å². The van der Waals surface area contributed by atoms with Crippen LogP contribution < -0.4 is 16.0 Å². The SMILES string of the molecule is C=C(C)CNC(N)=NCC(=O)N1CCc2ccccc21. The van der Waals surface area contributed by atoms with Gasteiger partial charge in [-0.05, 0) is 25.0 Å². The Morgan fingerprint density at radius 2 is 2.25 bits per heavy atom. The minimum absolute atomic E-state index is 0.0324. The number of carbonyl (C=O) groups is 1. The molecule has 0 bridgehead atoms. The van der Waals surface area contributed by atoms with Crippen molar-refractivity contribution >= 4 is 17.6 Å². The molecule has 1 aromatic carbocycles. The van der Waals surface area contributed by atoms with Crippen LogP contribution in [0.25, 0.3) is 0 Å². The highest BCUT2D eigenvalue weighted by molar-refractivity contribution is 5.97. The van der Waals surface area contributed by atoms with E-state index in [1.807, 2.05) is 25.1 Å². The second-order valence-corrected chi connectivity index (χ2v) is 4.94. The molecule has 0 aromatic heterocycles. The zero-order valence-corrected chi connectivity index (χ0v) is 11.7. The molecule has 0 aliphatic carbocycles. The maximum absolute atomic E-state index is 12.2. The first-order chi connectivity index (χ1) is 9.58. The van der Waals surface area contributed by atoms with Gasteiger partial charge in [0.2, 0.25) is 5.91 Å². The van der Waals surface area contributed by atoms with Crippen LogP contribution in [0.15, 0.2) is 41.4 Å². The topological polar surface area (TPSA) is 70.7 Å². The quantitative estimate of drug-likeness (QED) is 0.489. The molecule has 0 fully saturated rings. The number of rotatable bonds is 4. The fourth-order valence-corrected chi connectivity index (χ4v) is 2.13. The molecule has 2 rings (SSSR count). The monoisotopic (exact) mass is 272 g/mol. The number of nitrogens with one attached hydrogen (secondary N) is 1. The Hall–Kier alpha value is -2.30. The fourth-order valence-electron chi connectivity index (χ4n) is 2.13. The van der Waals surface area contributed by atoms with Crippen LogP contribution in [0.3, 0.4) is 0 Å². The van der Waals surface area contributed by atoms with Crippen LogP contribution in [0.4, 0.5) is 5.69 Å². The molecular weight excluding hydrogens is 252 g/mol. The Morgan fingerprint density at radius 3 is 3.00 bits per heavy atom. The number of amides is 1. The highest BCUT2D eigenvalue weighted by Crippen LogP contribution is 2.27. The van der Waals surface area contributed by atoms with Gasteiger partial charge < -0.3 is 16.0 Å². The maximum Gasteiger partial charge on any atom is 0.248 e. The summed E-state index contributed by atoms with van der Waals surface area (Å²) in [6.07, 6.45) is 0.898. The van der Waals surface area contributed by atoms with Gasteiger partial charge in [0.25, 0.3) is 0 Å². The van der Waals surface area contributed by atoms with Crippen LogP contribution >= 0.6 is 0 Å². The van der Waals surface area contributed by atoms with E-state index in [4.69, 9.17) is 5.73 Å². The number of carbonyl (C=O) groups excluding carboxylic acids is 1. The van der Waals surface area contributed by atoms with E-state index in [-0.39, 0.29) is 18.4 Å². The molecular formula is C15H20N4O. The van der Waals surface area contributed by atoms with Gasteiger partial charge in [-0.15, -0.1) is 0 Å². The van der Waals surface area contributed by atoms with E-state index in [2.05, 4.69) is 23.0 Å². The van der Waals surface area contributed by atoms with E-state index in [1.165, 1.54) is 5.56 Å². The summed E-state index contributed by atoms with van der Waals surface area (Å²) in [5.74, 6) is 0.240. The van der Waals surface area contributed by atoms with E-state index >= 15 is 0 Å². The Morgan fingerprint density at radius 1 is 1.50 bits per heavy atom. The lowest BCUT2D eigenvalue weighted by Crippen LogP contribution is -2.36. The number of guanidine groups is 1. The molecule has 1 heterocycles. The lowest BCUT2D eigenvalue weighted by molar-refractivity contribution is -0.117. The third-order valence-corrected chi connectivity index (χ3v) is 3.14. The van der Waals surface area contributed by atoms with Gasteiger partial charge in [0.1, 0.15) is 6.54 Å². The minimum atomic E-state index is -0.0324. The van der Waals surface area contributed by atoms with Gasteiger partial charge in [-0.3, -0.25) is 4.79 Å². The number of benzene rings is 1. The van der Waals surface area contributed by atoms with Crippen molar-refractivity contribution in [3.63, 3.8) is 0 Å². The van der Waals surface area contributed by atoms with E-state index in [9.17, 15) is 4.79 Å². The van der Waals surface area contributed by atoms with Gasteiger partial charge in [0.15, 0.2) is 5.96 Å². The molecule has 0 spiro atoms. The first-order valence-corrected chi connectivity index (χ1v) is 6.64. The van der Waals surface area contributed by atoms with Crippen molar-refractivity contribution in [2.45, 2.75) is 13.3 Å². The van der Waals surface area contributed by atoms with Crippen molar-refractivity contribution in [1.29, 1.82) is 0 Å². The standard InChI is InChI=1S/C15H20N4O/c1-11(2)9-17-15(16)18-10-14(20)19-8-7-12-5-3-4-6-13(12)19/h3-6H,1,7-10H2,2H3,(H3,16,17,18). The molecule has 0 saturated heterocycles. The number of hydrogen-bond donors (Lipinski definition) is 2. The average molecular weight is 272 g/mol. The van der Waals surface area contributed by atoms with Crippen LogP contribution in [-0.4, -0.2) is 31.5 Å². The number of anilines is 1. The summed E-state index contributed by atoms with van der Waals surface area (Å²) >= 11 is 0. The molecule has 0 saturated carbocycles. The Kier molecular flexibility index (Phi) is 4.40. The van der Waals surface area contributed by atoms with Gasteiger partial charge in [-0.25, -0.2) is 4.99 Å². The number of fused-ring (bicyclic) bond motifs is 1. The largest absolute Gasteiger partial charge is 0.370 e. The molecule has 1 amide bonds. The van der Waals surface area contributed by atoms with E-state index in [1.54, 1.807) is 4.90 Å². The summed E-state index contributed by atoms with van der Waals surface area (Å²) in [6.45, 7) is 7.00. The summed E-state index contributed by atoms with van der Waals surface area (Å²) in [6, 6.07) is 7.95. The van der Waals surface area contributed by atoms with Crippen molar-refractivity contribution in [2.24, 2.45) is 10.7 Å². The molecule has 1 aliphatic rings. The molecule has 0 unspecified atom stereocenters. The predicted octanol–water partition coefficient (Wildman–Crippen LogP) is 1.06. The van der Waals surface area contributed by atoms with Crippen molar-refractivity contribution in [3.05, 3.63) is 42.0 Å². The summed E-state index contributed by atoms with van der Waals surface area (Å²) in [7, 11) is 0. The van der Waals surface area contributed by atoms with Crippen LogP contribution in [0.1, 0.15) is 12.5 Å². The lowest BCUT2D eigenvalue weighted by atomic mass is 10.2. The molecule has 0 atom stereocenters. The first-order valence-electron chi connectivity index (χ1n) is 6.64. The van der Waals surface area contributed by atoms with Gasteiger partial charge in [0, 0.05) is 18.8 Å². The predicted molar refractivity (Wildman–Crippen MR) is 81.8 cm³/mol. The zero-order chi connectivity index (χ0) is 14.5. The summed E-state index contributed by atoms with van der Waals surface area (Å²) in [4.78, 5) is 18.0. The van der Waals surface area contributed by atoms with E-state index in [0.29, 0.717) is 13.1 Å². The fraction of sp³-hybridized carbons (Fsp3) is 0.333. The summed E-state index contributed by atoms with van der Waals surface area (Å²) in [5.41, 5.74) is 8.85.